The Balaban J connectivity index is 2.36. The van der Waals surface area contributed by atoms with E-state index in [-0.39, 0.29) is 17.9 Å². The number of amides is 1. The molecule has 1 heterocycles. The molecule has 0 spiro atoms. The summed E-state index contributed by atoms with van der Waals surface area (Å²) >= 11 is 0. The van der Waals surface area contributed by atoms with Crippen LogP contribution in [0.3, 0.4) is 0 Å². The molecule has 0 aliphatic carbocycles. The fourth-order valence-electron chi connectivity index (χ4n) is 1.53. The van der Waals surface area contributed by atoms with E-state index in [2.05, 4.69) is 24.1 Å². The molecule has 0 unspecified atom stereocenters. The highest BCUT2D eigenvalue weighted by Crippen LogP contribution is 2.20. The highest BCUT2D eigenvalue weighted by atomic mass is 16.2. The maximum Gasteiger partial charge on any atom is 0.267 e. The van der Waals surface area contributed by atoms with Gasteiger partial charge >= 0.3 is 0 Å². The quantitative estimate of drug-likeness (QED) is 0.686. The van der Waals surface area contributed by atoms with E-state index in [4.69, 9.17) is 5.11 Å². The molecule has 0 aliphatic rings. The molecule has 0 fully saturated rings. The normalized spacial score (nSPS) is 11.4. The van der Waals surface area contributed by atoms with E-state index in [0.29, 0.717) is 12.2 Å². The van der Waals surface area contributed by atoms with Crippen molar-refractivity contribution in [2.45, 2.75) is 26.7 Å². The van der Waals surface area contributed by atoms with E-state index >= 15 is 0 Å². The summed E-state index contributed by atoms with van der Waals surface area (Å²) in [5.41, 5.74) is 0.600. The monoisotopic (exact) mass is 224 g/mol. The number of rotatable bonds is 6. The molecule has 90 valence electrons. The highest BCUT2D eigenvalue weighted by Gasteiger charge is 2.18. The Bertz CT molecular complexity index is 318. The van der Waals surface area contributed by atoms with Gasteiger partial charge in [0.25, 0.3) is 5.91 Å². The summed E-state index contributed by atoms with van der Waals surface area (Å²) in [4.78, 5) is 14.5. The van der Waals surface area contributed by atoms with Gasteiger partial charge in [-0.25, -0.2) is 0 Å². The van der Waals surface area contributed by atoms with Crippen molar-refractivity contribution in [2.24, 2.45) is 5.41 Å². The van der Waals surface area contributed by atoms with E-state index < -0.39 is 0 Å². The minimum absolute atomic E-state index is 0.0188. The van der Waals surface area contributed by atoms with Gasteiger partial charge in [0, 0.05) is 19.3 Å². The first-order chi connectivity index (χ1) is 7.55. The van der Waals surface area contributed by atoms with Gasteiger partial charge in [0.15, 0.2) is 0 Å². The van der Waals surface area contributed by atoms with Gasteiger partial charge in [0.1, 0.15) is 5.69 Å². The molecule has 0 aromatic carbocycles. The highest BCUT2D eigenvalue weighted by molar-refractivity contribution is 5.92. The smallest absolute Gasteiger partial charge is 0.267 e. The minimum atomic E-state index is -0.0814. The number of aliphatic hydroxyl groups is 1. The van der Waals surface area contributed by atoms with Crippen molar-refractivity contribution in [1.29, 1.82) is 0 Å². The molecule has 1 rings (SSSR count). The third kappa shape index (κ3) is 4.06. The van der Waals surface area contributed by atoms with Gasteiger partial charge in [-0.2, -0.15) is 0 Å². The minimum Gasteiger partial charge on any atom is -0.396 e. The zero-order valence-electron chi connectivity index (χ0n) is 9.92. The van der Waals surface area contributed by atoms with Crippen molar-refractivity contribution >= 4 is 5.91 Å². The van der Waals surface area contributed by atoms with Gasteiger partial charge in [-0.3, -0.25) is 4.79 Å². The van der Waals surface area contributed by atoms with E-state index in [1.807, 2.05) is 0 Å². The number of hydrogen-bond acceptors (Lipinski definition) is 2. The van der Waals surface area contributed by atoms with Gasteiger partial charge in [0.2, 0.25) is 0 Å². The molecule has 0 saturated carbocycles. The number of aromatic nitrogens is 1. The predicted octanol–water partition coefficient (Wildman–Crippen LogP) is 1.54. The first-order valence-corrected chi connectivity index (χ1v) is 5.58. The zero-order valence-corrected chi connectivity index (χ0v) is 9.92. The van der Waals surface area contributed by atoms with Crippen LogP contribution in [0.25, 0.3) is 0 Å². The van der Waals surface area contributed by atoms with Crippen LogP contribution < -0.4 is 5.32 Å². The maximum absolute atomic E-state index is 11.6. The number of nitrogens with one attached hydrogen (secondary N) is 2. The van der Waals surface area contributed by atoms with Gasteiger partial charge in [-0.05, 0) is 30.4 Å². The zero-order chi connectivity index (χ0) is 12.0. The van der Waals surface area contributed by atoms with E-state index in [1.165, 1.54) is 0 Å². The van der Waals surface area contributed by atoms with Crippen LogP contribution in [0.15, 0.2) is 18.3 Å². The number of hydrogen-bond donors (Lipinski definition) is 3. The first-order valence-electron chi connectivity index (χ1n) is 5.58. The average molecular weight is 224 g/mol. The Morgan fingerprint density at radius 1 is 1.56 bits per heavy atom. The van der Waals surface area contributed by atoms with Crippen molar-refractivity contribution in [1.82, 2.24) is 10.3 Å². The summed E-state index contributed by atoms with van der Waals surface area (Å²) in [6.07, 6.45) is 3.39. The molecule has 0 bridgehead atoms. The lowest BCUT2D eigenvalue weighted by Gasteiger charge is -2.24. The second-order valence-electron chi connectivity index (χ2n) is 4.76. The van der Waals surface area contributed by atoms with Crippen LogP contribution in [-0.2, 0) is 0 Å². The molecular weight excluding hydrogens is 204 g/mol. The molecule has 1 amide bonds. The summed E-state index contributed by atoms with van der Waals surface area (Å²) in [5.74, 6) is -0.0814. The fraction of sp³-hybridized carbons (Fsp3) is 0.583. The van der Waals surface area contributed by atoms with Gasteiger partial charge in [0.05, 0.1) is 0 Å². The summed E-state index contributed by atoms with van der Waals surface area (Å²) in [7, 11) is 0. The van der Waals surface area contributed by atoms with Crippen molar-refractivity contribution in [3.8, 4) is 0 Å². The van der Waals surface area contributed by atoms with Crippen LogP contribution in [0, 0.1) is 5.41 Å². The molecule has 1 aromatic rings. The maximum atomic E-state index is 11.6. The Kier molecular flexibility index (Phi) is 4.55. The Morgan fingerprint density at radius 2 is 2.31 bits per heavy atom. The third-order valence-corrected chi connectivity index (χ3v) is 2.58. The lowest BCUT2D eigenvalue weighted by atomic mass is 9.88. The van der Waals surface area contributed by atoms with Crippen LogP contribution in [0.4, 0.5) is 0 Å². The van der Waals surface area contributed by atoms with Crippen LogP contribution >= 0.6 is 0 Å². The van der Waals surface area contributed by atoms with Gasteiger partial charge in [-0.15, -0.1) is 0 Å². The topological polar surface area (TPSA) is 65.1 Å². The van der Waals surface area contributed by atoms with Crippen LogP contribution in [0.1, 0.15) is 37.2 Å². The molecule has 4 heteroatoms. The van der Waals surface area contributed by atoms with E-state index in [1.54, 1.807) is 18.3 Å². The number of H-pyrrole nitrogens is 1. The second-order valence-corrected chi connectivity index (χ2v) is 4.76. The van der Waals surface area contributed by atoms with Crippen molar-refractivity contribution in [3.63, 3.8) is 0 Å². The molecule has 3 N–H and O–H groups in total. The molecular formula is C12H20N2O2. The molecule has 0 radical (unpaired) electrons. The van der Waals surface area contributed by atoms with Crippen molar-refractivity contribution in [2.75, 3.05) is 13.2 Å². The molecule has 4 nitrogen and oxygen atoms in total. The number of carbonyl (C=O) groups excluding carboxylic acids is 1. The molecule has 0 atom stereocenters. The number of carbonyl (C=O) groups is 1. The first kappa shape index (κ1) is 12.8. The fourth-order valence-corrected chi connectivity index (χ4v) is 1.53. The number of aromatic amines is 1. The van der Waals surface area contributed by atoms with Crippen molar-refractivity contribution < 1.29 is 9.90 Å². The summed E-state index contributed by atoms with van der Waals surface area (Å²) in [6, 6.07) is 3.54. The van der Waals surface area contributed by atoms with Crippen LogP contribution in [-0.4, -0.2) is 29.1 Å². The lowest BCUT2D eigenvalue weighted by Crippen LogP contribution is -2.34. The average Bonchev–Trinajstić information content (AvgIpc) is 2.77. The molecule has 16 heavy (non-hydrogen) atoms. The molecule has 0 saturated heterocycles. The van der Waals surface area contributed by atoms with Gasteiger partial charge < -0.3 is 15.4 Å². The second kappa shape index (κ2) is 5.70. The lowest BCUT2D eigenvalue weighted by molar-refractivity contribution is 0.0928. The SMILES string of the molecule is CC(C)(CCCO)CNC(=O)c1ccc[nH]1. The van der Waals surface area contributed by atoms with Gasteiger partial charge in [-0.1, -0.05) is 13.8 Å². The Labute approximate surface area is 96.1 Å². The predicted molar refractivity (Wildman–Crippen MR) is 63.2 cm³/mol. The van der Waals surface area contributed by atoms with E-state index in [9.17, 15) is 4.79 Å². The summed E-state index contributed by atoms with van der Waals surface area (Å²) < 4.78 is 0. The summed E-state index contributed by atoms with van der Waals surface area (Å²) in [6.45, 7) is 4.98. The Hall–Kier alpha value is -1.29. The summed E-state index contributed by atoms with van der Waals surface area (Å²) in [5, 5.41) is 11.6. The molecule has 0 aliphatic heterocycles. The third-order valence-electron chi connectivity index (χ3n) is 2.58. The van der Waals surface area contributed by atoms with Crippen LogP contribution in [0.2, 0.25) is 0 Å². The van der Waals surface area contributed by atoms with Crippen LogP contribution in [0.5, 0.6) is 0 Å². The largest absolute Gasteiger partial charge is 0.396 e. The standard InChI is InChI=1S/C12H20N2O2/c1-12(2,6-4-8-15)9-14-11(16)10-5-3-7-13-10/h3,5,7,13,15H,4,6,8-9H2,1-2H3,(H,14,16). The van der Waals surface area contributed by atoms with E-state index in [0.717, 1.165) is 12.8 Å². The Morgan fingerprint density at radius 3 is 2.88 bits per heavy atom. The van der Waals surface area contributed by atoms with Crippen molar-refractivity contribution in [3.05, 3.63) is 24.0 Å². The number of aliphatic hydroxyl groups excluding tert-OH is 1. The molecule has 1 aromatic heterocycles.